The number of benzene rings is 2. The van der Waals surface area contributed by atoms with Gasteiger partial charge in [0.05, 0.1) is 16.8 Å². The minimum atomic E-state index is -0.490. The van der Waals surface area contributed by atoms with Crippen molar-refractivity contribution in [3.05, 3.63) is 53.6 Å². The van der Waals surface area contributed by atoms with Crippen LogP contribution in [-0.2, 0) is 6.61 Å². The molecule has 0 aliphatic rings. The molecule has 2 aromatic carbocycles. The van der Waals surface area contributed by atoms with Gasteiger partial charge < -0.3 is 10.2 Å². The van der Waals surface area contributed by atoms with E-state index >= 15 is 0 Å². The average Bonchev–Trinajstić information content (AvgIpc) is 2.97. The van der Waals surface area contributed by atoms with E-state index in [1.54, 1.807) is 18.2 Å². The predicted molar refractivity (Wildman–Crippen MR) is 82.4 cm³/mol. The third-order valence-electron chi connectivity index (χ3n) is 3.21. The van der Waals surface area contributed by atoms with Crippen LogP contribution in [0.15, 0.2) is 42.5 Å². The molecule has 1 aromatic heterocycles. The number of Topliss-reactive ketones (excluding diaryl/α,β-unsaturated/α-hetero) is 1. The summed E-state index contributed by atoms with van der Waals surface area (Å²) < 4.78 is 0.902. The first kappa shape index (κ1) is 13.9. The van der Waals surface area contributed by atoms with E-state index in [1.165, 1.54) is 11.3 Å². The smallest absolute Gasteiger partial charge is 0.188 e. The van der Waals surface area contributed by atoms with E-state index in [2.05, 4.69) is 4.98 Å². The fraction of sp³-hybridized carbons (Fsp3) is 0.125. The van der Waals surface area contributed by atoms with Crippen LogP contribution in [0.2, 0.25) is 0 Å². The van der Waals surface area contributed by atoms with E-state index in [0.717, 1.165) is 26.4 Å². The number of carbonyl (C=O) groups excluding carboxylic acids is 1. The Kier molecular flexibility index (Phi) is 3.79. The first-order valence-electron chi connectivity index (χ1n) is 6.46. The predicted octanol–water partition coefficient (Wildman–Crippen LogP) is 2.63. The SMILES string of the molecule is O=C(CO)c1ccc2nc(-c3cccc(CO)c3)sc2c1. The Bertz CT molecular complexity index is 810. The highest BCUT2D eigenvalue weighted by Gasteiger charge is 2.10. The van der Waals surface area contributed by atoms with E-state index in [9.17, 15) is 9.90 Å². The van der Waals surface area contributed by atoms with Gasteiger partial charge in [0.15, 0.2) is 5.78 Å². The minimum Gasteiger partial charge on any atom is -0.392 e. The van der Waals surface area contributed by atoms with Crippen LogP contribution in [0.25, 0.3) is 20.8 Å². The standard InChI is InChI=1S/C16H13NO3S/c18-8-10-2-1-3-12(6-10)16-17-13-5-4-11(14(20)9-19)7-15(13)21-16/h1-7,18-19H,8-9H2. The third-order valence-corrected chi connectivity index (χ3v) is 4.28. The van der Waals surface area contributed by atoms with Crippen molar-refractivity contribution in [1.82, 2.24) is 4.98 Å². The van der Waals surface area contributed by atoms with Crippen molar-refractivity contribution in [2.75, 3.05) is 6.61 Å². The highest BCUT2D eigenvalue weighted by atomic mass is 32.1. The summed E-state index contributed by atoms with van der Waals surface area (Å²) >= 11 is 1.49. The van der Waals surface area contributed by atoms with Crippen LogP contribution in [0.4, 0.5) is 0 Å². The largest absolute Gasteiger partial charge is 0.392 e. The van der Waals surface area contributed by atoms with E-state index in [4.69, 9.17) is 5.11 Å². The van der Waals surface area contributed by atoms with Gasteiger partial charge in [0.1, 0.15) is 11.6 Å². The monoisotopic (exact) mass is 299 g/mol. The summed E-state index contributed by atoms with van der Waals surface area (Å²) in [5, 5.41) is 19.0. The second-order valence-electron chi connectivity index (χ2n) is 4.64. The lowest BCUT2D eigenvalue weighted by atomic mass is 10.1. The molecule has 3 aromatic rings. The fourth-order valence-corrected chi connectivity index (χ4v) is 3.12. The Morgan fingerprint density at radius 1 is 1.14 bits per heavy atom. The Labute approximate surface area is 125 Å². The molecule has 0 fully saturated rings. The van der Waals surface area contributed by atoms with Crippen molar-refractivity contribution in [1.29, 1.82) is 0 Å². The molecular formula is C16H13NO3S. The second kappa shape index (κ2) is 5.73. The van der Waals surface area contributed by atoms with Crippen molar-refractivity contribution >= 4 is 27.3 Å². The molecule has 106 valence electrons. The van der Waals surface area contributed by atoms with Crippen LogP contribution in [0, 0.1) is 0 Å². The number of hydrogen-bond acceptors (Lipinski definition) is 5. The molecule has 0 aliphatic carbocycles. The van der Waals surface area contributed by atoms with Gasteiger partial charge in [0, 0.05) is 11.1 Å². The highest BCUT2D eigenvalue weighted by molar-refractivity contribution is 7.21. The molecule has 1 heterocycles. The number of ketones is 1. The second-order valence-corrected chi connectivity index (χ2v) is 5.67. The van der Waals surface area contributed by atoms with Crippen molar-refractivity contribution in [3.8, 4) is 10.6 Å². The number of aliphatic hydroxyl groups excluding tert-OH is 2. The molecule has 4 nitrogen and oxygen atoms in total. The summed E-state index contributed by atoms with van der Waals surface area (Å²) in [6.07, 6.45) is 0. The van der Waals surface area contributed by atoms with Gasteiger partial charge in [-0.3, -0.25) is 4.79 Å². The molecule has 0 saturated heterocycles. The molecule has 21 heavy (non-hydrogen) atoms. The zero-order valence-electron chi connectivity index (χ0n) is 11.1. The lowest BCUT2D eigenvalue weighted by Gasteiger charge is -1.98. The molecule has 0 aliphatic heterocycles. The van der Waals surface area contributed by atoms with E-state index < -0.39 is 6.61 Å². The number of aliphatic hydroxyl groups is 2. The van der Waals surface area contributed by atoms with Gasteiger partial charge in [-0.25, -0.2) is 4.98 Å². The quantitative estimate of drug-likeness (QED) is 0.727. The zero-order valence-corrected chi connectivity index (χ0v) is 11.9. The molecular weight excluding hydrogens is 286 g/mol. The van der Waals surface area contributed by atoms with Gasteiger partial charge in [0.2, 0.25) is 0 Å². The molecule has 0 atom stereocenters. The zero-order chi connectivity index (χ0) is 14.8. The minimum absolute atomic E-state index is 0.00607. The van der Waals surface area contributed by atoms with Crippen molar-refractivity contribution in [3.63, 3.8) is 0 Å². The van der Waals surface area contributed by atoms with E-state index in [0.29, 0.717) is 5.56 Å². The lowest BCUT2D eigenvalue weighted by Crippen LogP contribution is -2.03. The number of nitrogens with zero attached hydrogens (tertiary/aromatic N) is 1. The average molecular weight is 299 g/mol. The van der Waals surface area contributed by atoms with Gasteiger partial charge in [0.25, 0.3) is 0 Å². The maximum Gasteiger partial charge on any atom is 0.188 e. The summed E-state index contributed by atoms with van der Waals surface area (Å²) in [6, 6.07) is 12.8. The number of hydrogen-bond donors (Lipinski definition) is 2. The van der Waals surface area contributed by atoms with Crippen LogP contribution in [-0.4, -0.2) is 27.6 Å². The number of rotatable bonds is 4. The van der Waals surface area contributed by atoms with Gasteiger partial charge in [-0.1, -0.05) is 18.2 Å². The number of fused-ring (bicyclic) bond motifs is 1. The lowest BCUT2D eigenvalue weighted by molar-refractivity contribution is 0.0904. The molecule has 5 heteroatoms. The Morgan fingerprint density at radius 2 is 2.00 bits per heavy atom. The first-order valence-corrected chi connectivity index (χ1v) is 7.28. The molecule has 0 amide bonds. The molecule has 3 rings (SSSR count). The van der Waals surface area contributed by atoms with Crippen LogP contribution in [0.3, 0.4) is 0 Å². The van der Waals surface area contributed by atoms with Gasteiger partial charge in [-0.2, -0.15) is 0 Å². The van der Waals surface area contributed by atoms with E-state index in [-0.39, 0.29) is 12.4 Å². The summed E-state index contributed by atoms with van der Waals surface area (Å²) in [4.78, 5) is 16.1. The van der Waals surface area contributed by atoms with Crippen molar-refractivity contribution in [2.24, 2.45) is 0 Å². The summed E-state index contributed by atoms with van der Waals surface area (Å²) in [6.45, 7) is -0.496. The summed E-state index contributed by atoms with van der Waals surface area (Å²) in [5.41, 5.74) is 3.09. The number of carbonyl (C=O) groups is 1. The molecule has 0 spiro atoms. The topological polar surface area (TPSA) is 70.4 Å². The van der Waals surface area contributed by atoms with Crippen LogP contribution >= 0.6 is 11.3 Å². The van der Waals surface area contributed by atoms with Gasteiger partial charge in [-0.05, 0) is 29.8 Å². The number of aromatic nitrogens is 1. The maximum absolute atomic E-state index is 11.5. The normalized spacial score (nSPS) is 11.0. The van der Waals surface area contributed by atoms with E-state index in [1.807, 2.05) is 24.3 Å². The third kappa shape index (κ3) is 2.71. The van der Waals surface area contributed by atoms with Crippen LogP contribution < -0.4 is 0 Å². The van der Waals surface area contributed by atoms with Gasteiger partial charge in [-0.15, -0.1) is 11.3 Å². The molecule has 0 saturated carbocycles. The molecule has 2 N–H and O–H groups in total. The van der Waals surface area contributed by atoms with Crippen LogP contribution in [0.1, 0.15) is 15.9 Å². The Morgan fingerprint density at radius 3 is 2.76 bits per heavy atom. The Hall–Kier alpha value is -2.08. The van der Waals surface area contributed by atoms with Crippen molar-refractivity contribution in [2.45, 2.75) is 6.61 Å². The molecule has 0 radical (unpaired) electrons. The molecule has 0 bridgehead atoms. The highest BCUT2D eigenvalue weighted by Crippen LogP contribution is 2.31. The maximum atomic E-state index is 11.5. The first-order chi connectivity index (χ1) is 10.2. The summed E-state index contributed by atoms with van der Waals surface area (Å²) in [7, 11) is 0. The number of thiazole rings is 1. The summed E-state index contributed by atoms with van der Waals surface area (Å²) in [5.74, 6) is -0.297. The van der Waals surface area contributed by atoms with Crippen molar-refractivity contribution < 1.29 is 15.0 Å². The van der Waals surface area contributed by atoms with Gasteiger partial charge >= 0.3 is 0 Å². The fourth-order valence-electron chi connectivity index (χ4n) is 2.12. The molecule has 0 unspecified atom stereocenters. The van der Waals surface area contributed by atoms with Crippen LogP contribution in [0.5, 0.6) is 0 Å². The Balaban J connectivity index is 2.06.